The molecule has 0 aromatic carbocycles. The van der Waals surface area contributed by atoms with Crippen LogP contribution in [-0.4, -0.2) is 4.98 Å². The zero-order valence-electron chi connectivity index (χ0n) is 9.09. The van der Waals surface area contributed by atoms with Crippen molar-refractivity contribution in [3.8, 4) is 0 Å². The second-order valence-electron chi connectivity index (χ2n) is 4.31. The summed E-state index contributed by atoms with van der Waals surface area (Å²) >= 11 is 0. The van der Waals surface area contributed by atoms with Crippen LogP contribution in [0.2, 0.25) is 0 Å². The minimum atomic E-state index is -4.26. The smallest absolute Gasteiger partial charge is 0.264 e. The molecule has 16 heavy (non-hydrogen) atoms. The number of rotatable bonds is 3. The Morgan fingerprint density at radius 2 is 2.12 bits per heavy atom. The molecule has 0 aliphatic heterocycles. The van der Waals surface area contributed by atoms with E-state index in [1.165, 1.54) is 12.4 Å². The zero-order valence-corrected chi connectivity index (χ0v) is 9.09. The van der Waals surface area contributed by atoms with Crippen LogP contribution >= 0.6 is 0 Å². The van der Waals surface area contributed by atoms with Gasteiger partial charge in [-0.1, -0.05) is 6.92 Å². The highest BCUT2D eigenvalue weighted by Gasteiger charge is 2.39. The van der Waals surface area contributed by atoms with Crippen molar-refractivity contribution in [1.82, 2.24) is 4.98 Å². The Labute approximate surface area is 92.7 Å². The van der Waals surface area contributed by atoms with Crippen molar-refractivity contribution in [2.45, 2.75) is 38.3 Å². The van der Waals surface area contributed by atoms with Crippen LogP contribution in [0.15, 0.2) is 18.5 Å². The first-order valence-corrected chi connectivity index (χ1v) is 5.55. The minimum Gasteiger partial charge on any atom is -0.264 e. The SMILES string of the molecule is CCC(c1cnccc1C(F)(F)F)C1CC1. The third-order valence-corrected chi connectivity index (χ3v) is 3.19. The van der Waals surface area contributed by atoms with Crippen molar-refractivity contribution in [3.05, 3.63) is 29.6 Å². The molecule has 1 aliphatic rings. The highest BCUT2D eigenvalue weighted by molar-refractivity contribution is 5.31. The van der Waals surface area contributed by atoms with E-state index in [0.717, 1.165) is 25.3 Å². The van der Waals surface area contributed by atoms with E-state index < -0.39 is 11.7 Å². The summed E-state index contributed by atoms with van der Waals surface area (Å²) in [6.07, 6.45) is 1.18. The molecule has 0 radical (unpaired) electrons. The predicted octanol–water partition coefficient (Wildman–Crippen LogP) is 4.00. The van der Waals surface area contributed by atoms with Gasteiger partial charge in [-0.25, -0.2) is 0 Å². The number of hydrogen-bond donors (Lipinski definition) is 0. The Morgan fingerprint density at radius 1 is 1.44 bits per heavy atom. The molecular weight excluding hydrogens is 215 g/mol. The van der Waals surface area contributed by atoms with Gasteiger partial charge in [0.25, 0.3) is 0 Å². The summed E-state index contributed by atoms with van der Waals surface area (Å²) in [4.78, 5) is 3.84. The molecule has 1 nitrogen and oxygen atoms in total. The van der Waals surface area contributed by atoms with Crippen LogP contribution < -0.4 is 0 Å². The summed E-state index contributed by atoms with van der Waals surface area (Å²) in [6, 6.07) is 1.08. The van der Waals surface area contributed by atoms with Gasteiger partial charge in [0.1, 0.15) is 0 Å². The number of aromatic nitrogens is 1. The van der Waals surface area contributed by atoms with E-state index in [4.69, 9.17) is 0 Å². The molecule has 0 amide bonds. The summed E-state index contributed by atoms with van der Waals surface area (Å²) in [5.74, 6) is 0.445. The third kappa shape index (κ3) is 2.20. The molecule has 0 saturated heterocycles. The maximum absolute atomic E-state index is 12.8. The molecule has 1 aromatic rings. The third-order valence-electron chi connectivity index (χ3n) is 3.19. The number of nitrogens with zero attached hydrogens (tertiary/aromatic N) is 1. The molecule has 1 aliphatic carbocycles. The van der Waals surface area contributed by atoms with E-state index in [1.807, 2.05) is 6.92 Å². The van der Waals surface area contributed by atoms with Gasteiger partial charge in [-0.05, 0) is 42.7 Å². The summed E-state index contributed by atoms with van der Waals surface area (Å²) in [5.41, 5.74) is -0.138. The second kappa shape index (κ2) is 4.07. The van der Waals surface area contributed by atoms with Gasteiger partial charge in [0, 0.05) is 12.4 Å². The van der Waals surface area contributed by atoms with Crippen LogP contribution in [0.25, 0.3) is 0 Å². The largest absolute Gasteiger partial charge is 0.416 e. The van der Waals surface area contributed by atoms with E-state index in [0.29, 0.717) is 11.5 Å². The van der Waals surface area contributed by atoms with Gasteiger partial charge in [0.2, 0.25) is 0 Å². The van der Waals surface area contributed by atoms with E-state index in [-0.39, 0.29) is 5.92 Å². The lowest BCUT2D eigenvalue weighted by Crippen LogP contribution is -2.13. The van der Waals surface area contributed by atoms with Crippen molar-refractivity contribution in [3.63, 3.8) is 0 Å². The van der Waals surface area contributed by atoms with Crippen LogP contribution in [-0.2, 0) is 6.18 Å². The van der Waals surface area contributed by atoms with Gasteiger partial charge in [-0.2, -0.15) is 13.2 Å². The standard InChI is InChI=1S/C12H14F3N/c1-2-9(8-3-4-8)10-7-16-6-5-11(10)12(13,14)15/h5-9H,2-4H2,1H3. The lowest BCUT2D eigenvalue weighted by atomic mass is 9.89. The molecule has 0 spiro atoms. The van der Waals surface area contributed by atoms with Crippen molar-refractivity contribution in [2.24, 2.45) is 5.92 Å². The van der Waals surface area contributed by atoms with Crippen molar-refractivity contribution in [1.29, 1.82) is 0 Å². The van der Waals surface area contributed by atoms with Gasteiger partial charge in [0.05, 0.1) is 5.56 Å². The topological polar surface area (TPSA) is 12.9 Å². The lowest BCUT2D eigenvalue weighted by Gasteiger charge is -2.19. The summed E-state index contributed by atoms with van der Waals surface area (Å²) in [5, 5.41) is 0. The fourth-order valence-corrected chi connectivity index (χ4v) is 2.27. The first-order valence-electron chi connectivity index (χ1n) is 5.55. The fourth-order valence-electron chi connectivity index (χ4n) is 2.27. The highest BCUT2D eigenvalue weighted by atomic mass is 19.4. The summed E-state index contributed by atoms with van der Waals surface area (Å²) in [6.45, 7) is 1.94. The maximum Gasteiger partial charge on any atom is 0.416 e. The quantitative estimate of drug-likeness (QED) is 0.763. The number of alkyl halides is 3. The first-order chi connectivity index (χ1) is 7.54. The highest BCUT2D eigenvalue weighted by Crippen LogP contribution is 2.47. The molecule has 2 rings (SSSR count). The molecule has 1 atom stereocenters. The van der Waals surface area contributed by atoms with Crippen molar-refractivity contribution < 1.29 is 13.2 Å². The molecule has 88 valence electrons. The van der Waals surface area contributed by atoms with Crippen LogP contribution in [0.1, 0.15) is 43.2 Å². The minimum absolute atomic E-state index is 0.0188. The monoisotopic (exact) mass is 229 g/mol. The van der Waals surface area contributed by atoms with Gasteiger partial charge < -0.3 is 0 Å². The second-order valence-corrected chi connectivity index (χ2v) is 4.31. The van der Waals surface area contributed by atoms with E-state index >= 15 is 0 Å². The van der Waals surface area contributed by atoms with Gasteiger partial charge >= 0.3 is 6.18 Å². The Kier molecular flexibility index (Phi) is 2.91. The number of hydrogen-bond acceptors (Lipinski definition) is 1. The first kappa shape index (κ1) is 11.4. The summed E-state index contributed by atoms with van der Waals surface area (Å²) < 4.78 is 38.4. The van der Waals surface area contributed by atoms with Gasteiger partial charge in [-0.3, -0.25) is 4.98 Å². The van der Waals surface area contributed by atoms with Gasteiger partial charge in [-0.15, -0.1) is 0 Å². The molecule has 1 aromatic heterocycles. The average Bonchev–Trinajstić information content (AvgIpc) is 3.02. The van der Waals surface area contributed by atoms with Crippen LogP contribution in [0.3, 0.4) is 0 Å². The van der Waals surface area contributed by atoms with E-state index in [9.17, 15) is 13.2 Å². The fraction of sp³-hybridized carbons (Fsp3) is 0.583. The molecule has 1 saturated carbocycles. The van der Waals surface area contributed by atoms with E-state index in [1.54, 1.807) is 0 Å². The number of halogens is 3. The molecule has 1 heterocycles. The van der Waals surface area contributed by atoms with Crippen LogP contribution in [0.4, 0.5) is 13.2 Å². The maximum atomic E-state index is 12.8. The molecule has 1 unspecified atom stereocenters. The Bertz CT molecular complexity index is 369. The molecule has 1 fully saturated rings. The Balaban J connectivity index is 2.38. The van der Waals surface area contributed by atoms with Crippen molar-refractivity contribution >= 4 is 0 Å². The normalized spacial score (nSPS) is 18.5. The molecule has 0 bridgehead atoms. The molecule has 0 N–H and O–H groups in total. The van der Waals surface area contributed by atoms with Gasteiger partial charge in [0.15, 0.2) is 0 Å². The Morgan fingerprint density at radius 3 is 2.62 bits per heavy atom. The predicted molar refractivity (Wildman–Crippen MR) is 55.0 cm³/mol. The van der Waals surface area contributed by atoms with Crippen LogP contribution in [0, 0.1) is 5.92 Å². The van der Waals surface area contributed by atoms with E-state index in [2.05, 4.69) is 4.98 Å². The zero-order chi connectivity index (χ0) is 11.8. The molecule has 4 heteroatoms. The van der Waals surface area contributed by atoms with Crippen LogP contribution in [0.5, 0.6) is 0 Å². The van der Waals surface area contributed by atoms with Crippen molar-refractivity contribution in [2.75, 3.05) is 0 Å². The number of pyridine rings is 1. The Hall–Kier alpha value is -1.06. The lowest BCUT2D eigenvalue weighted by molar-refractivity contribution is -0.138. The molecular formula is C12H14F3N. The average molecular weight is 229 g/mol. The summed E-state index contributed by atoms with van der Waals surface area (Å²) in [7, 11) is 0.